The quantitative estimate of drug-likeness (QED) is 0.159. The number of nitrogens with two attached hydrogens (primary N) is 1. The maximum Gasteiger partial charge on any atom is 0.326 e. The summed E-state index contributed by atoms with van der Waals surface area (Å²) in [5.41, 5.74) is 5.36. The molecule has 1 saturated heterocycles. The second-order valence-electron chi connectivity index (χ2n) is 6.77. The Kier molecular flexibility index (Phi) is 10.6. The molecule has 0 aromatic rings. The van der Waals surface area contributed by atoms with Crippen LogP contribution in [0.5, 0.6) is 0 Å². The summed E-state index contributed by atoms with van der Waals surface area (Å²) in [4.78, 5) is 58.6. The predicted octanol–water partition coefficient (Wildman–Crippen LogP) is -2.49. The number of carboxylic acid groups (broad SMARTS) is 2. The minimum Gasteiger partial charge on any atom is -0.481 e. The fourth-order valence-electron chi connectivity index (χ4n) is 2.85. The first kappa shape index (κ1) is 24.3. The Bertz CT molecular complexity index is 607. The van der Waals surface area contributed by atoms with E-state index >= 15 is 0 Å². The van der Waals surface area contributed by atoms with Crippen molar-refractivity contribution >= 4 is 29.7 Å². The number of rotatable bonds is 13. The number of carbonyl (C=O) groups excluding carboxylic acids is 3. The van der Waals surface area contributed by atoms with Gasteiger partial charge in [-0.25, -0.2) is 4.79 Å². The molecule has 12 heteroatoms. The molecule has 3 amide bonds. The SMILES string of the molecule is NCCCCC(NC(=O)C(CC(=O)O)NC(=O)CNC(=O)C1CCCN1)C(=O)O. The van der Waals surface area contributed by atoms with Crippen molar-refractivity contribution < 1.29 is 34.2 Å². The van der Waals surface area contributed by atoms with Gasteiger partial charge in [-0.3, -0.25) is 19.2 Å². The van der Waals surface area contributed by atoms with E-state index in [4.69, 9.17) is 10.8 Å². The number of amides is 3. The van der Waals surface area contributed by atoms with Crippen molar-refractivity contribution in [2.45, 2.75) is 56.7 Å². The third-order valence-electron chi connectivity index (χ3n) is 4.39. The average molecular weight is 415 g/mol. The van der Waals surface area contributed by atoms with E-state index in [1.165, 1.54) is 0 Å². The number of unbranched alkanes of at least 4 members (excludes halogenated alkanes) is 1. The van der Waals surface area contributed by atoms with Crippen LogP contribution in [0.15, 0.2) is 0 Å². The molecule has 1 heterocycles. The molecule has 0 bridgehead atoms. The van der Waals surface area contributed by atoms with Crippen LogP contribution in [-0.2, 0) is 24.0 Å². The number of aliphatic carboxylic acids is 2. The van der Waals surface area contributed by atoms with Gasteiger partial charge in [0.25, 0.3) is 0 Å². The lowest BCUT2D eigenvalue weighted by Crippen LogP contribution is -2.54. The zero-order chi connectivity index (χ0) is 21.8. The molecule has 0 spiro atoms. The summed E-state index contributed by atoms with van der Waals surface area (Å²) in [6, 6.07) is -3.08. The molecule has 1 rings (SSSR count). The van der Waals surface area contributed by atoms with Gasteiger partial charge < -0.3 is 37.2 Å². The van der Waals surface area contributed by atoms with Crippen LogP contribution in [0.4, 0.5) is 0 Å². The molecule has 1 aliphatic heterocycles. The Morgan fingerprint density at radius 2 is 1.79 bits per heavy atom. The molecule has 0 saturated carbocycles. The minimum atomic E-state index is -1.47. The van der Waals surface area contributed by atoms with Crippen LogP contribution in [0, 0.1) is 0 Å². The lowest BCUT2D eigenvalue weighted by molar-refractivity contribution is -0.143. The molecule has 0 radical (unpaired) electrons. The molecule has 29 heavy (non-hydrogen) atoms. The van der Waals surface area contributed by atoms with Gasteiger partial charge in [0.2, 0.25) is 17.7 Å². The maximum atomic E-state index is 12.3. The molecular formula is C17H29N5O7. The lowest BCUT2D eigenvalue weighted by atomic mass is 10.1. The molecule has 164 valence electrons. The van der Waals surface area contributed by atoms with Gasteiger partial charge in [-0.2, -0.15) is 0 Å². The number of carbonyl (C=O) groups is 5. The fourth-order valence-corrected chi connectivity index (χ4v) is 2.85. The van der Waals surface area contributed by atoms with E-state index in [0.717, 1.165) is 6.42 Å². The van der Waals surface area contributed by atoms with E-state index in [0.29, 0.717) is 32.4 Å². The molecule has 0 aromatic carbocycles. The molecule has 8 N–H and O–H groups in total. The first-order valence-corrected chi connectivity index (χ1v) is 9.50. The van der Waals surface area contributed by atoms with Gasteiger partial charge in [-0.05, 0) is 45.2 Å². The normalized spacial score (nSPS) is 17.8. The van der Waals surface area contributed by atoms with Gasteiger partial charge in [-0.15, -0.1) is 0 Å². The second-order valence-corrected chi connectivity index (χ2v) is 6.77. The highest BCUT2D eigenvalue weighted by Gasteiger charge is 2.28. The number of nitrogens with one attached hydrogen (secondary N) is 4. The van der Waals surface area contributed by atoms with Crippen molar-refractivity contribution in [2.75, 3.05) is 19.6 Å². The van der Waals surface area contributed by atoms with Crippen LogP contribution in [0.3, 0.4) is 0 Å². The van der Waals surface area contributed by atoms with Gasteiger partial charge in [0, 0.05) is 0 Å². The van der Waals surface area contributed by atoms with E-state index < -0.39 is 48.8 Å². The van der Waals surface area contributed by atoms with Crippen LogP contribution >= 0.6 is 0 Å². The lowest BCUT2D eigenvalue weighted by Gasteiger charge is -2.20. The van der Waals surface area contributed by atoms with Crippen LogP contribution in [0.25, 0.3) is 0 Å². The molecular weight excluding hydrogens is 386 g/mol. The Morgan fingerprint density at radius 1 is 1.07 bits per heavy atom. The molecule has 1 aliphatic rings. The van der Waals surface area contributed by atoms with Gasteiger partial charge in [-0.1, -0.05) is 0 Å². The number of carboxylic acids is 2. The van der Waals surface area contributed by atoms with Crippen LogP contribution in [0.1, 0.15) is 38.5 Å². The molecule has 3 atom stereocenters. The van der Waals surface area contributed by atoms with E-state index in [-0.39, 0.29) is 18.4 Å². The first-order chi connectivity index (χ1) is 13.7. The van der Waals surface area contributed by atoms with Crippen LogP contribution in [0.2, 0.25) is 0 Å². The Balaban J connectivity index is 2.60. The Hall–Kier alpha value is -2.73. The molecule has 3 unspecified atom stereocenters. The van der Waals surface area contributed by atoms with Crippen LogP contribution < -0.4 is 27.0 Å². The monoisotopic (exact) mass is 415 g/mol. The summed E-state index contributed by atoms with van der Waals surface area (Å²) >= 11 is 0. The standard InChI is InChI=1S/C17H29N5O7/c18-6-2-1-4-11(17(28)29)22-16(27)12(8-14(24)25)21-13(23)9-20-15(26)10-5-3-7-19-10/h10-12,19H,1-9,18H2,(H,20,26)(H,21,23)(H,22,27)(H,24,25)(H,28,29). The summed E-state index contributed by atoms with van der Waals surface area (Å²) in [5, 5.41) is 28.1. The third kappa shape index (κ3) is 9.34. The topological polar surface area (TPSA) is 200 Å². The third-order valence-corrected chi connectivity index (χ3v) is 4.39. The summed E-state index contributed by atoms with van der Waals surface area (Å²) in [7, 11) is 0. The number of hydrogen-bond donors (Lipinski definition) is 7. The Labute approximate surface area is 168 Å². The van der Waals surface area contributed by atoms with Gasteiger partial charge in [0.15, 0.2) is 0 Å². The van der Waals surface area contributed by atoms with Gasteiger partial charge >= 0.3 is 11.9 Å². The van der Waals surface area contributed by atoms with Crippen molar-refractivity contribution in [1.29, 1.82) is 0 Å². The van der Waals surface area contributed by atoms with Crippen molar-refractivity contribution in [3.63, 3.8) is 0 Å². The van der Waals surface area contributed by atoms with Crippen molar-refractivity contribution in [3.8, 4) is 0 Å². The zero-order valence-electron chi connectivity index (χ0n) is 16.1. The highest BCUT2D eigenvalue weighted by molar-refractivity contribution is 5.94. The molecule has 1 fully saturated rings. The highest BCUT2D eigenvalue weighted by atomic mass is 16.4. The smallest absolute Gasteiger partial charge is 0.326 e. The van der Waals surface area contributed by atoms with Gasteiger partial charge in [0.05, 0.1) is 19.0 Å². The highest BCUT2D eigenvalue weighted by Crippen LogP contribution is 2.05. The molecule has 12 nitrogen and oxygen atoms in total. The Morgan fingerprint density at radius 3 is 2.34 bits per heavy atom. The van der Waals surface area contributed by atoms with Crippen LogP contribution in [-0.4, -0.2) is 77.6 Å². The molecule has 0 aromatic heterocycles. The van der Waals surface area contributed by atoms with E-state index in [9.17, 15) is 29.1 Å². The summed E-state index contributed by atoms with van der Waals surface area (Å²) < 4.78 is 0. The van der Waals surface area contributed by atoms with E-state index in [1.807, 2.05) is 0 Å². The summed E-state index contributed by atoms with van der Waals surface area (Å²) in [6.07, 6.45) is 1.93. The van der Waals surface area contributed by atoms with Crippen molar-refractivity contribution in [1.82, 2.24) is 21.3 Å². The van der Waals surface area contributed by atoms with E-state index in [1.54, 1.807) is 0 Å². The fraction of sp³-hybridized carbons (Fsp3) is 0.706. The predicted molar refractivity (Wildman–Crippen MR) is 101 cm³/mol. The van der Waals surface area contributed by atoms with E-state index in [2.05, 4.69) is 21.3 Å². The minimum absolute atomic E-state index is 0.121. The summed E-state index contributed by atoms with van der Waals surface area (Å²) in [6.45, 7) is 0.653. The maximum absolute atomic E-state index is 12.3. The summed E-state index contributed by atoms with van der Waals surface area (Å²) in [5.74, 6) is -4.66. The van der Waals surface area contributed by atoms with Crippen molar-refractivity contribution in [3.05, 3.63) is 0 Å². The first-order valence-electron chi connectivity index (χ1n) is 9.50. The van der Waals surface area contributed by atoms with Crippen molar-refractivity contribution in [2.24, 2.45) is 5.73 Å². The zero-order valence-corrected chi connectivity index (χ0v) is 16.1. The molecule has 0 aliphatic carbocycles. The number of hydrogen-bond acceptors (Lipinski definition) is 7. The van der Waals surface area contributed by atoms with Gasteiger partial charge in [0.1, 0.15) is 12.1 Å². The largest absolute Gasteiger partial charge is 0.481 e. The second kappa shape index (κ2) is 12.7. The average Bonchev–Trinajstić information content (AvgIpc) is 3.19.